The van der Waals surface area contributed by atoms with Gasteiger partial charge in [-0.3, -0.25) is 0 Å². The summed E-state index contributed by atoms with van der Waals surface area (Å²) in [6.45, 7) is 3.85. The smallest absolute Gasteiger partial charge is 0.123 e. The van der Waals surface area contributed by atoms with Crippen molar-refractivity contribution in [1.29, 1.82) is 0 Å². The Morgan fingerprint density at radius 1 is 1.00 bits per heavy atom. The zero-order valence-electron chi connectivity index (χ0n) is 9.92. The molecular weight excluding hydrogens is 215 g/mol. The molecule has 0 aliphatic heterocycles. The van der Waals surface area contributed by atoms with Crippen LogP contribution >= 0.6 is 0 Å². The van der Waals surface area contributed by atoms with Crippen LogP contribution in [0.15, 0.2) is 36.4 Å². The van der Waals surface area contributed by atoms with Crippen molar-refractivity contribution in [2.24, 2.45) is 0 Å². The van der Waals surface area contributed by atoms with Crippen LogP contribution in [0, 0.1) is 19.7 Å². The van der Waals surface area contributed by atoms with Crippen LogP contribution in [0.25, 0.3) is 0 Å². The Kier molecular flexibility index (Phi) is 3.00. The van der Waals surface area contributed by atoms with Gasteiger partial charge in [-0.2, -0.15) is 0 Å². The number of nitrogens with one attached hydrogen (secondary N) is 1. The van der Waals surface area contributed by atoms with Gasteiger partial charge in [-0.15, -0.1) is 0 Å². The van der Waals surface area contributed by atoms with Crippen LogP contribution in [0.4, 0.5) is 21.5 Å². The molecule has 2 aromatic carbocycles. The molecule has 2 aromatic rings. The maximum absolute atomic E-state index is 13.0. The van der Waals surface area contributed by atoms with Gasteiger partial charge in [0, 0.05) is 5.69 Å². The van der Waals surface area contributed by atoms with Crippen LogP contribution in [0.3, 0.4) is 0 Å². The lowest BCUT2D eigenvalue weighted by atomic mass is 10.1. The van der Waals surface area contributed by atoms with Crippen LogP contribution in [0.2, 0.25) is 0 Å². The normalized spacial score (nSPS) is 10.3. The van der Waals surface area contributed by atoms with Gasteiger partial charge < -0.3 is 11.1 Å². The Morgan fingerprint density at radius 2 is 1.71 bits per heavy atom. The topological polar surface area (TPSA) is 38.0 Å². The highest BCUT2D eigenvalue weighted by atomic mass is 19.1. The third kappa shape index (κ3) is 2.56. The largest absolute Gasteiger partial charge is 0.397 e. The van der Waals surface area contributed by atoms with Gasteiger partial charge >= 0.3 is 0 Å². The first-order valence-electron chi connectivity index (χ1n) is 5.45. The van der Waals surface area contributed by atoms with E-state index in [1.807, 2.05) is 32.0 Å². The zero-order valence-corrected chi connectivity index (χ0v) is 9.92. The van der Waals surface area contributed by atoms with Gasteiger partial charge in [0.1, 0.15) is 5.82 Å². The summed E-state index contributed by atoms with van der Waals surface area (Å²) < 4.78 is 13.0. The lowest BCUT2D eigenvalue weighted by molar-refractivity contribution is 0.627. The van der Waals surface area contributed by atoms with E-state index in [9.17, 15) is 4.39 Å². The van der Waals surface area contributed by atoms with Gasteiger partial charge in [0.25, 0.3) is 0 Å². The van der Waals surface area contributed by atoms with Gasteiger partial charge in [-0.05, 0) is 55.3 Å². The molecule has 3 N–H and O–H groups in total. The van der Waals surface area contributed by atoms with Gasteiger partial charge in [0.05, 0.1) is 11.4 Å². The minimum Gasteiger partial charge on any atom is -0.397 e. The first-order valence-corrected chi connectivity index (χ1v) is 5.45. The Labute approximate surface area is 100 Å². The van der Waals surface area contributed by atoms with Gasteiger partial charge in [-0.1, -0.05) is 6.07 Å². The fraction of sp³-hybridized carbons (Fsp3) is 0.143. The van der Waals surface area contributed by atoms with Crippen molar-refractivity contribution in [2.75, 3.05) is 11.1 Å². The number of nitrogen functional groups attached to an aromatic ring is 1. The molecule has 17 heavy (non-hydrogen) atoms. The highest BCUT2D eigenvalue weighted by molar-refractivity contribution is 5.74. The van der Waals surface area contributed by atoms with Crippen molar-refractivity contribution in [1.82, 2.24) is 0 Å². The SMILES string of the molecule is Cc1ccc(Nc2ccc(F)cc2C)c(N)c1. The molecule has 0 saturated carbocycles. The molecule has 0 fully saturated rings. The summed E-state index contributed by atoms with van der Waals surface area (Å²) in [4.78, 5) is 0. The van der Waals surface area contributed by atoms with E-state index in [-0.39, 0.29) is 5.82 Å². The summed E-state index contributed by atoms with van der Waals surface area (Å²) in [6, 6.07) is 10.4. The average molecular weight is 230 g/mol. The van der Waals surface area contributed by atoms with Crippen molar-refractivity contribution in [3.05, 3.63) is 53.3 Å². The summed E-state index contributed by atoms with van der Waals surface area (Å²) in [5.41, 5.74) is 10.3. The van der Waals surface area contributed by atoms with Crippen LogP contribution in [-0.4, -0.2) is 0 Å². The molecule has 2 rings (SSSR count). The molecule has 0 atom stereocenters. The van der Waals surface area contributed by atoms with Crippen LogP contribution in [-0.2, 0) is 0 Å². The Balaban J connectivity index is 2.31. The minimum atomic E-state index is -0.232. The second-order valence-electron chi connectivity index (χ2n) is 4.17. The molecule has 0 radical (unpaired) electrons. The summed E-state index contributed by atoms with van der Waals surface area (Å²) in [6.07, 6.45) is 0. The number of hydrogen-bond donors (Lipinski definition) is 2. The van der Waals surface area contributed by atoms with Gasteiger partial charge in [-0.25, -0.2) is 4.39 Å². The summed E-state index contributed by atoms with van der Waals surface area (Å²) in [5.74, 6) is -0.232. The summed E-state index contributed by atoms with van der Waals surface area (Å²) >= 11 is 0. The maximum atomic E-state index is 13.0. The first kappa shape index (κ1) is 11.5. The lowest BCUT2D eigenvalue weighted by Gasteiger charge is -2.12. The fourth-order valence-corrected chi connectivity index (χ4v) is 1.71. The molecule has 0 bridgehead atoms. The maximum Gasteiger partial charge on any atom is 0.123 e. The van der Waals surface area contributed by atoms with Crippen LogP contribution in [0.5, 0.6) is 0 Å². The molecule has 88 valence electrons. The second kappa shape index (κ2) is 4.45. The van der Waals surface area contributed by atoms with Crippen LogP contribution < -0.4 is 11.1 Å². The van der Waals surface area contributed by atoms with E-state index in [1.54, 1.807) is 6.07 Å². The third-order valence-electron chi connectivity index (χ3n) is 2.66. The van der Waals surface area contributed by atoms with Crippen molar-refractivity contribution in [2.45, 2.75) is 13.8 Å². The van der Waals surface area contributed by atoms with E-state index in [4.69, 9.17) is 5.73 Å². The van der Waals surface area contributed by atoms with Crippen LogP contribution in [0.1, 0.15) is 11.1 Å². The second-order valence-corrected chi connectivity index (χ2v) is 4.17. The summed E-state index contributed by atoms with van der Waals surface area (Å²) in [5, 5.41) is 3.20. The monoisotopic (exact) mass is 230 g/mol. The van der Waals surface area contributed by atoms with E-state index >= 15 is 0 Å². The predicted molar refractivity (Wildman–Crippen MR) is 70.0 cm³/mol. The molecule has 0 aliphatic carbocycles. The van der Waals surface area contributed by atoms with Gasteiger partial charge in [0.2, 0.25) is 0 Å². The van der Waals surface area contributed by atoms with Crippen molar-refractivity contribution in [3.63, 3.8) is 0 Å². The van der Waals surface area contributed by atoms with E-state index < -0.39 is 0 Å². The molecule has 0 heterocycles. The number of benzene rings is 2. The van der Waals surface area contributed by atoms with Gasteiger partial charge in [0.15, 0.2) is 0 Å². The highest BCUT2D eigenvalue weighted by Crippen LogP contribution is 2.26. The average Bonchev–Trinajstić information content (AvgIpc) is 2.25. The number of anilines is 3. The summed E-state index contributed by atoms with van der Waals surface area (Å²) in [7, 11) is 0. The quantitative estimate of drug-likeness (QED) is 0.771. The molecular formula is C14H15FN2. The Hall–Kier alpha value is -2.03. The molecule has 0 spiro atoms. The number of aryl methyl sites for hydroxylation is 2. The highest BCUT2D eigenvalue weighted by Gasteiger charge is 2.03. The van der Waals surface area contributed by atoms with Crippen molar-refractivity contribution in [3.8, 4) is 0 Å². The molecule has 3 heteroatoms. The Bertz CT molecular complexity index is 500. The molecule has 0 saturated heterocycles. The number of nitrogens with two attached hydrogens (primary N) is 1. The molecule has 0 aliphatic rings. The van der Waals surface area contributed by atoms with E-state index in [1.165, 1.54) is 12.1 Å². The number of hydrogen-bond acceptors (Lipinski definition) is 2. The minimum absolute atomic E-state index is 0.232. The van der Waals surface area contributed by atoms with E-state index in [2.05, 4.69) is 5.32 Å². The standard InChI is InChI=1S/C14H15FN2/c1-9-3-5-14(12(16)7-9)17-13-6-4-11(15)8-10(13)2/h3-8,17H,16H2,1-2H3. The number of halogens is 1. The predicted octanol–water partition coefficient (Wildman–Crippen LogP) is 3.77. The third-order valence-corrected chi connectivity index (χ3v) is 2.66. The Morgan fingerprint density at radius 3 is 2.35 bits per heavy atom. The number of rotatable bonds is 2. The first-order chi connectivity index (χ1) is 8.06. The van der Waals surface area contributed by atoms with E-state index in [0.717, 1.165) is 22.5 Å². The molecule has 0 aromatic heterocycles. The molecule has 0 amide bonds. The van der Waals surface area contributed by atoms with E-state index in [0.29, 0.717) is 5.69 Å². The van der Waals surface area contributed by atoms with Crippen molar-refractivity contribution >= 4 is 17.1 Å². The molecule has 0 unspecified atom stereocenters. The molecule has 2 nitrogen and oxygen atoms in total. The zero-order chi connectivity index (χ0) is 12.4. The van der Waals surface area contributed by atoms with Crippen molar-refractivity contribution < 1.29 is 4.39 Å². The fourth-order valence-electron chi connectivity index (χ4n) is 1.71. The lowest BCUT2D eigenvalue weighted by Crippen LogP contribution is -1.98.